The zero-order valence-electron chi connectivity index (χ0n) is 16.5. The van der Waals surface area contributed by atoms with Crippen molar-refractivity contribution in [3.63, 3.8) is 0 Å². The third-order valence-electron chi connectivity index (χ3n) is 5.75. The predicted molar refractivity (Wildman–Crippen MR) is 113 cm³/mol. The number of hydrogen-bond acceptors (Lipinski definition) is 8. The second-order valence-corrected chi connectivity index (χ2v) is 8.95. The molecule has 0 aromatic heterocycles. The van der Waals surface area contributed by atoms with E-state index in [-0.39, 0.29) is 23.4 Å². The number of fused-ring (bicyclic) bond motifs is 1. The van der Waals surface area contributed by atoms with E-state index in [1.165, 1.54) is 23.9 Å². The van der Waals surface area contributed by atoms with Gasteiger partial charge in [-0.1, -0.05) is 11.8 Å². The summed E-state index contributed by atoms with van der Waals surface area (Å²) in [6, 6.07) is 5.32. The zero-order chi connectivity index (χ0) is 21.1. The molecule has 2 fully saturated rings. The molecule has 4 rings (SSSR count). The van der Waals surface area contributed by atoms with Gasteiger partial charge in [0.05, 0.1) is 31.3 Å². The first kappa shape index (κ1) is 21.5. The number of aliphatic imine (C=N–C) groups is 1. The van der Waals surface area contributed by atoms with Crippen LogP contribution in [0.1, 0.15) is 6.42 Å². The second-order valence-electron chi connectivity index (χ2n) is 7.78. The molecule has 30 heavy (non-hydrogen) atoms. The van der Waals surface area contributed by atoms with Crippen molar-refractivity contribution in [3.8, 4) is 0 Å². The summed E-state index contributed by atoms with van der Waals surface area (Å²) in [4.78, 5) is 19.6. The highest BCUT2D eigenvalue weighted by molar-refractivity contribution is 8.15. The van der Waals surface area contributed by atoms with Crippen molar-refractivity contribution in [2.45, 2.75) is 29.9 Å². The number of amides is 1. The average molecular weight is 439 g/mol. The highest BCUT2D eigenvalue weighted by Crippen LogP contribution is 2.41. The Morgan fingerprint density at radius 1 is 1.27 bits per heavy atom. The summed E-state index contributed by atoms with van der Waals surface area (Å²) in [7, 11) is 0. The Balaban J connectivity index is 1.36. The van der Waals surface area contributed by atoms with Crippen LogP contribution in [-0.2, 0) is 9.53 Å². The molecule has 5 atom stereocenters. The molecular formula is C20H27FN4O4S. The summed E-state index contributed by atoms with van der Waals surface area (Å²) in [6.07, 6.45) is -1.83. The number of aliphatic hydroxyl groups is 2. The van der Waals surface area contributed by atoms with E-state index in [4.69, 9.17) is 4.74 Å². The van der Waals surface area contributed by atoms with Gasteiger partial charge in [-0.3, -0.25) is 14.7 Å². The van der Waals surface area contributed by atoms with E-state index >= 15 is 0 Å². The Bertz CT molecular complexity index is 775. The maximum absolute atomic E-state index is 13.1. The molecule has 2 aliphatic heterocycles. The van der Waals surface area contributed by atoms with Gasteiger partial charge in [-0.15, -0.1) is 0 Å². The first-order valence-corrected chi connectivity index (χ1v) is 11.1. The third kappa shape index (κ3) is 4.94. The summed E-state index contributed by atoms with van der Waals surface area (Å²) < 4.78 is 18.4. The molecular weight excluding hydrogens is 411 g/mol. The Kier molecular flexibility index (Phi) is 6.89. The smallest absolute Gasteiger partial charge is 0.224 e. The molecule has 1 saturated heterocycles. The quantitative estimate of drug-likeness (QED) is 0.523. The van der Waals surface area contributed by atoms with Crippen molar-refractivity contribution >= 4 is 28.5 Å². The van der Waals surface area contributed by atoms with Crippen molar-refractivity contribution in [1.29, 1.82) is 0 Å². The van der Waals surface area contributed by atoms with Gasteiger partial charge in [-0.25, -0.2) is 4.39 Å². The molecule has 1 amide bonds. The number of nitrogens with one attached hydrogen (secondary N) is 2. The molecule has 3 aliphatic rings. The lowest BCUT2D eigenvalue weighted by molar-refractivity contribution is -0.129. The standard InChI is InChI=1S/C20H27FN4O4S/c21-12-1-3-13(4-2-12)23-20-24-16-17(27)15(26)11-14(18(16)30-20)19(28)22-5-6-25-7-9-29-10-8-25/h1-4,14-18,26-27H,5-11H2,(H,22,28)(H,23,24)/t14-,15+,16+,17-,18+/m0/s1. The summed E-state index contributed by atoms with van der Waals surface area (Å²) in [6.45, 7) is 4.41. The van der Waals surface area contributed by atoms with Crippen LogP contribution in [0.5, 0.6) is 0 Å². The molecule has 0 spiro atoms. The number of rotatable bonds is 5. The number of carbonyl (C=O) groups is 1. The van der Waals surface area contributed by atoms with Crippen molar-refractivity contribution in [3.05, 3.63) is 30.1 Å². The van der Waals surface area contributed by atoms with Gasteiger partial charge in [0.25, 0.3) is 0 Å². The minimum Gasteiger partial charge on any atom is -0.390 e. The minimum atomic E-state index is -1.02. The lowest BCUT2D eigenvalue weighted by Crippen LogP contribution is -2.54. The molecule has 164 valence electrons. The fraction of sp³-hybridized carbons (Fsp3) is 0.600. The van der Waals surface area contributed by atoms with Crippen LogP contribution in [0, 0.1) is 11.7 Å². The van der Waals surface area contributed by atoms with Gasteiger partial charge in [0, 0.05) is 37.1 Å². The van der Waals surface area contributed by atoms with Crippen molar-refractivity contribution in [1.82, 2.24) is 10.2 Å². The highest BCUT2D eigenvalue weighted by Gasteiger charge is 2.50. The topological polar surface area (TPSA) is 106 Å². The Labute approximate surface area is 178 Å². The van der Waals surface area contributed by atoms with E-state index in [1.807, 2.05) is 0 Å². The SMILES string of the molecule is O=C(NCCN1CCOCC1)[C@H]1C[C@@H](O)[C@H](O)[C@H]2N=C(Nc3ccc(F)cc3)S[C@@H]21. The fourth-order valence-electron chi connectivity index (χ4n) is 4.06. The summed E-state index contributed by atoms with van der Waals surface area (Å²) in [5, 5.41) is 27.1. The largest absolute Gasteiger partial charge is 0.390 e. The number of thioether (sulfide) groups is 1. The molecule has 0 radical (unpaired) electrons. The molecule has 10 heteroatoms. The highest BCUT2D eigenvalue weighted by atomic mass is 32.2. The monoisotopic (exact) mass is 438 g/mol. The number of benzene rings is 1. The van der Waals surface area contributed by atoms with Gasteiger partial charge < -0.3 is 25.6 Å². The molecule has 1 saturated carbocycles. The van der Waals surface area contributed by atoms with Crippen molar-refractivity contribution in [2.75, 3.05) is 44.7 Å². The van der Waals surface area contributed by atoms with Crippen LogP contribution in [0.15, 0.2) is 29.3 Å². The molecule has 2 heterocycles. The number of amidine groups is 1. The third-order valence-corrected chi connectivity index (χ3v) is 7.06. The molecule has 8 nitrogen and oxygen atoms in total. The normalized spacial score (nSPS) is 31.7. The number of ether oxygens (including phenoxy) is 1. The van der Waals surface area contributed by atoms with Gasteiger partial charge in [-0.2, -0.15) is 0 Å². The van der Waals surface area contributed by atoms with E-state index < -0.39 is 24.2 Å². The molecule has 4 N–H and O–H groups in total. The van der Waals surface area contributed by atoms with Gasteiger partial charge in [0.1, 0.15) is 11.9 Å². The number of nitrogens with zero attached hydrogens (tertiary/aromatic N) is 2. The van der Waals surface area contributed by atoms with Crippen LogP contribution < -0.4 is 10.6 Å². The Morgan fingerprint density at radius 2 is 2.00 bits per heavy atom. The Morgan fingerprint density at radius 3 is 2.73 bits per heavy atom. The minimum absolute atomic E-state index is 0.130. The summed E-state index contributed by atoms with van der Waals surface area (Å²) in [5.74, 6) is -0.920. The lowest BCUT2D eigenvalue weighted by Gasteiger charge is -2.37. The molecule has 0 unspecified atom stereocenters. The van der Waals surface area contributed by atoms with Crippen LogP contribution in [0.2, 0.25) is 0 Å². The average Bonchev–Trinajstić information content (AvgIpc) is 3.17. The maximum atomic E-state index is 13.1. The van der Waals surface area contributed by atoms with E-state index in [9.17, 15) is 19.4 Å². The number of morpholine rings is 1. The number of aliphatic hydroxyl groups excluding tert-OH is 2. The molecule has 1 aromatic rings. The van der Waals surface area contributed by atoms with E-state index in [1.54, 1.807) is 12.1 Å². The van der Waals surface area contributed by atoms with Crippen LogP contribution in [-0.4, -0.2) is 89.1 Å². The first-order chi connectivity index (χ1) is 14.5. The molecule has 1 aliphatic carbocycles. The van der Waals surface area contributed by atoms with Crippen LogP contribution in [0.25, 0.3) is 0 Å². The van der Waals surface area contributed by atoms with Crippen molar-refractivity contribution in [2.24, 2.45) is 10.9 Å². The van der Waals surface area contributed by atoms with Gasteiger partial charge in [0.2, 0.25) is 5.91 Å². The maximum Gasteiger partial charge on any atom is 0.224 e. The number of halogens is 1. The fourth-order valence-corrected chi connectivity index (χ4v) is 5.44. The molecule has 1 aromatic carbocycles. The summed E-state index contributed by atoms with van der Waals surface area (Å²) >= 11 is 1.38. The van der Waals surface area contributed by atoms with E-state index in [0.29, 0.717) is 30.6 Å². The molecule has 0 bridgehead atoms. The van der Waals surface area contributed by atoms with Gasteiger partial charge >= 0.3 is 0 Å². The van der Waals surface area contributed by atoms with Gasteiger partial charge in [-0.05, 0) is 30.7 Å². The predicted octanol–water partition coefficient (Wildman–Crippen LogP) is 0.268. The summed E-state index contributed by atoms with van der Waals surface area (Å²) in [5.41, 5.74) is 0.669. The van der Waals surface area contributed by atoms with Crippen LogP contribution in [0.3, 0.4) is 0 Å². The van der Waals surface area contributed by atoms with Gasteiger partial charge in [0.15, 0.2) is 5.17 Å². The number of anilines is 1. The number of hydrogen-bond donors (Lipinski definition) is 4. The van der Waals surface area contributed by atoms with E-state index in [0.717, 1.165) is 19.6 Å². The van der Waals surface area contributed by atoms with E-state index in [2.05, 4.69) is 20.5 Å². The number of carbonyl (C=O) groups excluding carboxylic acids is 1. The van der Waals surface area contributed by atoms with Crippen LogP contribution in [0.4, 0.5) is 10.1 Å². The first-order valence-electron chi connectivity index (χ1n) is 10.2. The Hall–Kier alpha value is -1.72. The second kappa shape index (κ2) is 9.61. The van der Waals surface area contributed by atoms with Crippen molar-refractivity contribution < 1.29 is 24.1 Å². The lowest BCUT2D eigenvalue weighted by atomic mass is 9.81. The zero-order valence-corrected chi connectivity index (χ0v) is 17.4. The van der Waals surface area contributed by atoms with Crippen LogP contribution >= 0.6 is 11.8 Å².